The Morgan fingerprint density at radius 3 is 2.65 bits per heavy atom. The van der Waals surface area contributed by atoms with Gasteiger partial charge < -0.3 is 15.1 Å². The second kappa shape index (κ2) is 14.6. The Bertz CT molecular complexity index is 1820. The number of fused-ring (bicyclic) bond motifs is 2. The van der Waals surface area contributed by atoms with Crippen molar-refractivity contribution in [3.05, 3.63) is 138 Å². The van der Waals surface area contributed by atoms with Crippen LogP contribution in [0.2, 0.25) is 0 Å². The molecule has 234 valence electrons. The van der Waals surface area contributed by atoms with Gasteiger partial charge in [-0.15, -0.1) is 11.3 Å². The maximum absolute atomic E-state index is 10.1. The normalized spacial score (nSPS) is 16.4. The molecule has 4 aromatic rings. The minimum atomic E-state index is 0.634. The molecular formula is C40H42N4S2. The topological polar surface area (TPSA) is 42.3 Å². The van der Waals surface area contributed by atoms with E-state index in [1.165, 1.54) is 45.5 Å². The largest absolute Gasteiger partial charge is 0.370 e. The molecule has 0 amide bonds. The first-order chi connectivity index (χ1) is 22.4. The van der Waals surface area contributed by atoms with Crippen LogP contribution in [0.3, 0.4) is 0 Å². The highest BCUT2D eigenvalue weighted by Crippen LogP contribution is 2.39. The summed E-state index contributed by atoms with van der Waals surface area (Å²) in [6.45, 7) is 22.0. The Morgan fingerprint density at radius 1 is 1.02 bits per heavy atom. The highest BCUT2D eigenvalue weighted by molar-refractivity contribution is 7.99. The number of anilines is 1. The Kier molecular flexibility index (Phi) is 10.1. The number of nitrogens with one attached hydrogen (secondary N) is 1. The van der Waals surface area contributed by atoms with Crippen molar-refractivity contribution in [2.24, 2.45) is 0 Å². The number of benzene rings is 3. The summed E-state index contributed by atoms with van der Waals surface area (Å²) in [5.74, 6) is 1.00. The fraction of sp³-hybridized carbons (Fsp3) is 0.275. The van der Waals surface area contributed by atoms with Crippen LogP contribution in [-0.4, -0.2) is 41.2 Å². The van der Waals surface area contributed by atoms with Crippen LogP contribution in [0.4, 0.5) is 5.00 Å². The summed E-state index contributed by atoms with van der Waals surface area (Å²) in [5.41, 5.74) is 8.57. The lowest BCUT2D eigenvalue weighted by Gasteiger charge is -2.35. The lowest BCUT2D eigenvalue weighted by molar-refractivity contribution is 0.223. The fourth-order valence-electron chi connectivity index (χ4n) is 6.65. The number of nitriles is 1. The highest BCUT2D eigenvalue weighted by Gasteiger charge is 2.26. The van der Waals surface area contributed by atoms with Gasteiger partial charge in [-0.2, -0.15) is 17.0 Å². The quantitative estimate of drug-likeness (QED) is 0.156. The van der Waals surface area contributed by atoms with Crippen LogP contribution in [0.5, 0.6) is 0 Å². The van der Waals surface area contributed by atoms with Crippen molar-refractivity contribution in [3.63, 3.8) is 0 Å². The van der Waals surface area contributed by atoms with Crippen LogP contribution in [-0.2, 0) is 18.7 Å². The van der Waals surface area contributed by atoms with Gasteiger partial charge >= 0.3 is 0 Å². The fourth-order valence-corrected chi connectivity index (χ4v) is 9.20. The maximum atomic E-state index is 10.1. The van der Waals surface area contributed by atoms with Gasteiger partial charge in [-0.25, -0.2) is 0 Å². The van der Waals surface area contributed by atoms with Gasteiger partial charge in [-0.1, -0.05) is 99.1 Å². The highest BCUT2D eigenvalue weighted by atomic mass is 32.2. The molecule has 1 atom stereocenters. The monoisotopic (exact) mass is 642 g/mol. The third-order valence-corrected chi connectivity index (χ3v) is 11.7. The molecule has 4 nitrogen and oxygen atoms in total. The zero-order chi connectivity index (χ0) is 32.0. The Morgan fingerprint density at radius 2 is 1.80 bits per heavy atom. The van der Waals surface area contributed by atoms with E-state index in [2.05, 4.69) is 126 Å². The molecule has 1 aromatic heterocycles. The number of rotatable bonds is 12. The van der Waals surface area contributed by atoms with E-state index < -0.39 is 0 Å². The van der Waals surface area contributed by atoms with E-state index in [-0.39, 0.29) is 0 Å². The number of thioether (sulfide) groups is 1. The SMILES string of the molecule is C=CC(=C)c1ccccc1CSC1CCCN(CCC(=C)N2CCc3c(sc(NC(=C)c4cccc5ccccc45)c3C#N)C2)C1. The molecular weight excluding hydrogens is 601 g/mol. The summed E-state index contributed by atoms with van der Waals surface area (Å²) in [7, 11) is 0. The Balaban J connectivity index is 1.04. The average Bonchev–Trinajstić information content (AvgIpc) is 3.45. The third kappa shape index (κ3) is 7.03. The summed E-state index contributed by atoms with van der Waals surface area (Å²) >= 11 is 3.76. The van der Waals surface area contributed by atoms with Crippen molar-refractivity contribution in [3.8, 4) is 6.07 Å². The Labute approximate surface area is 282 Å². The van der Waals surface area contributed by atoms with Crippen LogP contribution < -0.4 is 5.32 Å². The number of allylic oxidation sites excluding steroid dienone is 2. The predicted octanol–water partition coefficient (Wildman–Crippen LogP) is 9.71. The average molecular weight is 643 g/mol. The molecule has 1 fully saturated rings. The minimum Gasteiger partial charge on any atom is -0.370 e. The molecule has 0 aliphatic carbocycles. The standard InChI is InChI=1S/C40H42N4S2/c1-5-28(2)34-16-8-7-13-32(34)27-45-33-15-11-21-43(25-33)22-19-29(3)44-23-20-37-38(24-41)40(46-39(37)26-44)42-30(4)35-18-10-14-31-12-6-9-17-36(31)35/h5-10,12-14,16-18,33,42H,1-4,11,15,19-23,25-27H2. The summed E-state index contributed by atoms with van der Waals surface area (Å²) in [4.78, 5) is 6.30. The molecule has 46 heavy (non-hydrogen) atoms. The van der Waals surface area contributed by atoms with Crippen molar-refractivity contribution in [2.45, 2.75) is 43.2 Å². The molecule has 3 aromatic carbocycles. The molecule has 1 N–H and O–H groups in total. The van der Waals surface area contributed by atoms with Crippen LogP contribution in [0, 0.1) is 11.3 Å². The minimum absolute atomic E-state index is 0.634. The van der Waals surface area contributed by atoms with E-state index in [0.717, 1.165) is 84.1 Å². The summed E-state index contributed by atoms with van der Waals surface area (Å²) in [6.07, 6.45) is 6.18. The van der Waals surface area contributed by atoms with Gasteiger partial charge in [0.05, 0.1) is 12.1 Å². The molecule has 1 unspecified atom stereocenters. The summed E-state index contributed by atoms with van der Waals surface area (Å²) < 4.78 is 0. The molecule has 1 saturated heterocycles. The third-order valence-electron chi connectivity index (χ3n) is 9.26. The van der Waals surface area contributed by atoms with E-state index >= 15 is 0 Å². The first-order valence-electron chi connectivity index (χ1n) is 16.1. The second-order valence-corrected chi connectivity index (χ2v) is 14.6. The maximum Gasteiger partial charge on any atom is 0.111 e. The van der Waals surface area contributed by atoms with Crippen LogP contribution in [0.1, 0.15) is 52.0 Å². The number of likely N-dealkylation sites (tertiary alicyclic amines) is 1. The van der Waals surface area contributed by atoms with Gasteiger partial charge in [0.25, 0.3) is 0 Å². The summed E-state index contributed by atoms with van der Waals surface area (Å²) in [6, 6.07) is 25.7. The van der Waals surface area contributed by atoms with Crippen molar-refractivity contribution < 1.29 is 0 Å². The smallest absolute Gasteiger partial charge is 0.111 e. The molecule has 6 rings (SSSR count). The van der Waals surface area contributed by atoms with E-state index in [9.17, 15) is 5.26 Å². The lowest BCUT2D eigenvalue weighted by atomic mass is 10.0. The van der Waals surface area contributed by atoms with Crippen molar-refractivity contribution in [2.75, 3.05) is 31.5 Å². The van der Waals surface area contributed by atoms with Gasteiger partial charge in [0.1, 0.15) is 11.1 Å². The van der Waals surface area contributed by atoms with Crippen LogP contribution in [0.25, 0.3) is 22.0 Å². The van der Waals surface area contributed by atoms with Crippen molar-refractivity contribution in [1.29, 1.82) is 5.26 Å². The molecule has 0 spiro atoms. The zero-order valence-electron chi connectivity index (χ0n) is 26.6. The van der Waals surface area contributed by atoms with E-state index in [4.69, 9.17) is 0 Å². The molecule has 0 bridgehead atoms. The van der Waals surface area contributed by atoms with E-state index in [1.807, 2.05) is 6.08 Å². The number of piperidine rings is 1. The van der Waals surface area contributed by atoms with Crippen molar-refractivity contribution in [1.82, 2.24) is 9.80 Å². The zero-order valence-corrected chi connectivity index (χ0v) is 28.2. The summed E-state index contributed by atoms with van der Waals surface area (Å²) in [5, 5.41) is 17.5. The molecule has 3 heterocycles. The number of hydrogen-bond acceptors (Lipinski definition) is 6. The van der Waals surface area contributed by atoms with Gasteiger partial charge in [-0.3, -0.25) is 0 Å². The number of nitrogens with zero attached hydrogens (tertiary/aromatic N) is 3. The molecule has 0 radical (unpaired) electrons. The Hall–Kier alpha value is -4.02. The molecule has 2 aliphatic rings. The predicted molar refractivity (Wildman–Crippen MR) is 200 cm³/mol. The van der Waals surface area contributed by atoms with Crippen LogP contribution >= 0.6 is 23.1 Å². The second-order valence-electron chi connectivity index (χ2n) is 12.2. The van der Waals surface area contributed by atoms with E-state index in [1.54, 1.807) is 11.3 Å². The van der Waals surface area contributed by atoms with Crippen molar-refractivity contribution >= 4 is 50.1 Å². The van der Waals surface area contributed by atoms with Gasteiger partial charge in [0.2, 0.25) is 0 Å². The lowest BCUT2D eigenvalue weighted by Crippen LogP contribution is -2.38. The number of thiophene rings is 1. The van der Waals surface area contributed by atoms with Crippen LogP contribution in [0.15, 0.2) is 105 Å². The molecule has 2 aliphatic heterocycles. The molecule has 0 saturated carbocycles. The first kappa shape index (κ1) is 31.9. The van der Waals surface area contributed by atoms with Gasteiger partial charge in [-0.05, 0) is 65.3 Å². The molecule has 6 heteroatoms. The van der Waals surface area contributed by atoms with E-state index in [0.29, 0.717) is 5.25 Å². The van der Waals surface area contributed by atoms with Gasteiger partial charge in [0.15, 0.2) is 0 Å². The first-order valence-corrected chi connectivity index (χ1v) is 18.0. The number of hydrogen-bond donors (Lipinski definition) is 1. The van der Waals surface area contributed by atoms with Gasteiger partial charge in [0, 0.05) is 52.5 Å².